The number of carbonyl (C=O) groups is 1. The van der Waals surface area contributed by atoms with Crippen molar-refractivity contribution in [3.63, 3.8) is 0 Å². The highest BCUT2D eigenvalue weighted by molar-refractivity contribution is 5.91. The van der Waals surface area contributed by atoms with E-state index in [-0.39, 0.29) is 5.91 Å². The predicted octanol–water partition coefficient (Wildman–Crippen LogP) is 0.590. The van der Waals surface area contributed by atoms with Crippen molar-refractivity contribution in [2.75, 3.05) is 39.0 Å². The molecular weight excluding hydrogens is 230 g/mol. The maximum Gasteiger partial charge on any atom is 0.273 e. The van der Waals surface area contributed by atoms with Gasteiger partial charge in [-0.05, 0) is 25.1 Å². The van der Waals surface area contributed by atoms with Gasteiger partial charge in [-0.25, -0.2) is 0 Å². The maximum atomic E-state index is 11.6. The first kappa shape index (κ1) is 14.4. The fraction of sp³-hybridized carbons (Fsp3) is 0.583. The molecule has 0 atom stereocenters. The number of aromatic nitrogens is 2. The summed E-state index contributed by atoms with van der Waals surface area (Å²) in [5.74, 6) is 0.544. The molecule has 1 amide bonds. The highest BCUT2D eigenvalue weighted by Gasteiger charge is 2.09. The fourth-order valence-electron chi connectivity index (χ4n) is 1.35. The third-order valence-corrected chi connectivity index (χ3v) is 2.32. The monoisotopic (exact) mass is 251 g/mol. The lowest BCUT2D eigenvalue weighted by Gasteiger charge is -2.09. The van der Waals surface area contributed by atoms with Gasteiger partial charge in [0, 0.05) is 27.2 Å². The molecule has 2 N–H and O–H groups in total. The minimum atomic E-state index is -0.140. The van der Waals surface area contributed by atoms with Crippen LogP contribution in [-0.4, -0.2) is 54.7 Å². The van der Waals surface area contributed by atoms with E-state index in [0.29, 0.717) is 11.5 Å². The summed E-state index contributed by atoms with van der Waals surface area (Å²) in [5.41, 5.74) is 0.356. The molecule has 0 aromatic carbocycles. The summed E-state index contributed by atoms with van der Waals surface area (Å²) in [4.78, 5) is 13.1. The Kier molecular flexibility index (Phi) is 6.07. The van der Waals surface area contributed by atoms with Crippen LogP contribution in [0.2, 0.25) is 0 Å². The summed E-state index contributed by atoms with van der Waals surface area (Å²) < 4.78 is 0. The second kappa shape index (κ2) is 7.60. The molecule has 100 valence electrons. The molecule has 18 heavy (non-hydrogen) atoms. The second-order valence-electron chi connectivity index (χ2n) is 4.18. The van der Waals surface area contributed by atoms with Crippen molar-refractivity contribution in [1.82, 2.24) is 20.4 Å². The third kappa shape index (κ3) is 4.67. The van der Waals surface area contributed by atoms with E-state index < -0.39 is 0 Å². The molecule has 0 bridgehead atoms. The number of rotatable bonds is 7. The van der Waals surface area contributed by atoms with Gasteiger partial charge < -0.3 is 15.5 Å². The van der Waals surface area contributed by atoms with Gasteiger partial charge in [-0.2, -0.15) is 0 Å². The summed E-state index contributed by atoms with van der Waals surface area (Å²) in [5, 5.41) is 14.3. The van der Waals surface area contributed by atoms with Crippen LogP contribution in [0.25, 0.3) is 0 Å². The number of carbonyl (C=O) groups excluding carboxylic acids is 1. The molecule has 6 heteroatoms. The maximum absolute atomic E-state index is 11.6. The van der Waals surface area contributed by atoms with Crippen LogP contribution < -0.4 is 10.6 Å². The van der Waals surface area contributed by atoms with Crippen LogP contribution >= 0.6 is 0 Å². The Labute approximate surface area is 108 Å². The quantitative estimate of drug-likeness (QED) is 0.694. The second-order valence-corrected chi connectivity index (χ2v) is 4.18. The molecule has 0 aliphatic rings. The Hall–Kier alpha value is -1.69. The largest absolute Gasteiger partial charge is 0.367 e. The lowest BCUT2D eigenvalue weighted by Crippen LogP contribution is -2.24. The van der Waals surface area contributed by atoms with Gasteiger partial charge in [-0.1, -0.05) is 6.92 Å². The highest BCUT2D eigenvalue weighted by Crippen LogP contribution is 2.02. The zero-order chi connectivity index (χ0) is 13.4. The van der Waals surface area contributed by atoms with Crippen molar-refractivity contribution in [2.45, 2.75) is 13.3 Å². The van der Waals surface area contributed by atoms with Gasteiger partial charge in [0.25, 0.3) is 5.91 Å². The van der Waals surface area contributed by atoms with Crippen LogP contribution in [0.5, 0.6) is 0 Å². The molecule has 6 nitrogen and oxygen atoms in total. The lowest BCUT2D eigenvalue weighted by atomic mass is 10.3. The molecule has 0 radical (unpaired) electrons. The van der Waals surface area contributed by atoms with Gasteiger partial charge in [0.2, 0.25) is 0 Å². The van der Waals surface area contributed by atoms with Gasteiger partial charge in [-0.15, -0.1) is 10.2 Å². The Morgan fingerprint density at radius 1 is 1.22 bits per heavy atom. The molecule has 0 saturated carbocycles. The zero-order valence-corrected chi connectivity index (χ0v) is 11.2. The van der Waals surface area contributed by atoms with E-state index in [9.17, 15) is 4.79 Å². The molecule has 0 aliphatic carbocycles. The first-order valence-corrected chi connectivity index (χ1v) is 6.15. The number of hydrogen-bond donors (Lipinski definition) is 2. The van der Waals surface area contributed by atoms with Gasteiger partial charge in [0.15, 0.2) is 5.69 Å². The van der Waals surface area contributed by atoms with E-state index in [4.69, 9.17) is 0 Å². The Balaban J connectivity index is 2.38. The predicted molar refractivity (Wildman–Crippen MR) is 71.7 cm³/mol. The smallest absolute Gasteiger partial charge is 0.273 e. The van der Waals surface area contributed by atoms with Crippen LogP contribution in [-0.2, 0) is 0 Å². The van der Waals surface area contributed by atoms with E-state index in [1.807, 2.05) is 0 Å². The van der Waals surface area contributed by atoms with E-state index in [1.165, 1.54) is 4.90 Å². The standard InChI is InChI=1S/C12H21N5O/c1-4-7-13-8-9-14-11-6-5-10(15-16-11)12(18)17(2)3/h5-6,13H,4,7-9H2,1-3H3,(H,14,16). The lowest BCUT2D eigenvalue weighted by molar-refractivity contribution is 0.0821. The first-order chi connectivity index (χ1) is 8.65. The number of anilines is 1. The first-order valence-electron chi connectivity index (χ1n) is 6.15. The Bertz CT molecular complexity index is 363. The Morgan fingerprint density at radius 3 is 2.56 bits per heavy atom. The van der Waals surface area contributed by atoms with Gasteiger partial charge in [0.05, 0.1) is 0 Å². The van der Waals surface area contributed by atoms with Crippen molar-refractivity contribution < 1.29 is 4.79 Å². The molecular formula is C12H21N5O. The number of nitrogens with zero attached hydrogens (tertiary/aromatic N) is 3. The van der Waals surface area contributed by atoms with Crippen LogP contribution in [0.3, 0.4) is 0 Å². The van der Waals surface area contributed by atoms with Crippen molar-refractivity contribution in [1.29, 1.82) is 0 Å². The molecule has 1 aromatic heterocycles. The van der Waals surface area contributed by atoms with Crippen molar-refractivity contribution >= 4 is 11.7 Å². The molecule has 0 unspecified atom stereocenters. The number of amides is 1. The Morgan fingerprint density at radius 2 is 2.00 bits per heavy atom. The number of nitrogens with one attached hydrogen (secondary N) is 2. The fourth-order valence-corrected chi connectivity index (χ4v) is 1.35. The van der Waals surface area contributed by atoms with Crippen molar-refractivity contribution in [2.24, 2.45) is 0 Å². The van der Waals surface area contributed by atoms with Crippen LogP contribution in [0.15, 0.2) is 12.1 Å². The van der Waals surface area contributed by atoms with Gasteiger partial charge in [-0.3, -0.25) is 4.79 Å². The molecule has 0 fully saturated rings. The minimum Gasteiger partial charge on any atom is -0.367 e. The van der Waals surface area contributed by atoms with Gasteiger partial charge >= 0.3 is 0 Å². The molecule has 1 rings (SSSR count). The topological polar surface area (TPSA) is 70.2 Å². The van der Waals surface area contributed by atoms with Crippen molar-refractivity contribution in [3.8, 4) is 0 Å². The minimum absolute atomic E-state index is 0.140. The summed E-state index contributed by atoms with van der Waals surface area (Å²) >= 11 is 0. The zero-order valence-electron chi connectivity index (χ0n) is 11.2. The van der Waals surface area contributed by atoms with Gasteiger partial charge in [0.1, 0.15) is 5.82 Å². The van der Waals surface area contributed by atoms with Crippen LogP contribution in [0, 0.1) is 0 Å². The molecule has 1 heterocycles. The summed E-state index contributed by atoms with van der Waals surface area (Å²) in [7, 11) is 3.38. The normalized spacial score (nSPS) is 10.2. The summed E-state index contributed by atoms with van der Waals surface area (Å²) in [6.45, 7) is 4.82. The van der Waals surface area contributed by atoms with E-state index in [2.05, 4.69) is 27.8 Å². The van der Waals surface area contributed by atoms with Crippen LogP contribution in [0.4, 0.5) is 5.82 Å². The third-order valence-electron chi connectivity index (χ3n) is 2.32. The highest BCUT2D eigenvalue weighted by atomic mass is 16.2. The molecule has 1 aromatic rings. The van der Waals surface area contributed by atoms with Crippen LogP contribution in [0.1, 0.15) is 23.8 Å². The average Bonchev–Trinajstić information content (AvgIpc) is 2.38. The van der Waals surface area contributed by atoms with E-state index in [0.717, 1.165) is 26.1 Å². The summed E-state index contributed by atoms with van der Waals surface area (Å²) in [6, 6.07) is 3.45. The molecule has 0 aliphatic heterocycles. The van der Waals surface area contributed by atoms with E-state index in [1.54, 1.807) is 26.2 Å². The average molecular weight is 251 g/mol. The number of hydrogen-bond acceptors (Lipinski definition) is 5. The molecule has 0 spiro atoms. The van der Waals surface area contributed by atoms with E-state index >= 15 is 0 Å². The molecule has 0 saturated heterocycles. The summed E-state index contributed by atoms with van der Waals surface area (Å²) in [6.07, 6.45) is 1.13. The van der Waals surface area contributed by atoms with Crippen molar-refractivity contribution in [3.05, 3.63) is 17.8 Å². The SMILES string of the molecule is CCCNCCNc1ccc(C(=O)N(C)C)nn1.